The highest BCUT2D eigenvalue weighted by Gasteiger charge is 2.07. The Labute approximate surface area is 82.8 Å². The molecule has 0 bridgehead atoms. The van der Waals surface area contributed by atoms with Crippen molar-refractivity contribution in [3.63, 3.8) is 0 Å². The largest absolute Gasteiger partial charge is 0.317 e. The molecule has 0 amide bonds. The van der Waals surface area contributed by atoms with Gasteiger partial charge in [0, 0.05) is 0 Å². The van der Waals surface area contributed by atoms with E-state index in [9.17, 15) is 4.39 Å². The number of hydrogen-bond donors (Lipinski definition) is 1. The fraction of sp³-hybridized carbons (Fsp3) is 0. The predicted octanol–water partition coefficient (Wildman–Crippen LogP) is 0.478. The lowest BCUT2D eigenvalue weighted by atomic mass is 10.5. The zero-order valence-corrected chi connectivity index (χ0v) is 7.35. The lowest BCUT2D eigenvalue weighted by Crippen LogP contribution is -2.02. The first kappa shape index (κ1) is 8.04. The lowest BCUT2D eigenvalue weighted by Gasteiger charge is -1.96. The van der Waals surface area contributed by atoms with E-state index in [1.807, 2.05) is 0 Å². The third-order valence-electron chi connectivity index (χ3n) is 1.84. The Kier molecular flexibility index (Phi) is 1.52. The maximum Gasteiger partial charge on any atom is 0.221 e. The molecule has 3 aromatic rings. The van der Waals surface area contributed by atoms with E-state index < -0.39 is 5.95 Å². The molecule has 0 unspecified atom stereocenters. The van der Waals surface area contributed by atoms with Gasteiger partial charge in [0.1, 0.15) is 0 Å². The van der Waals surface area contributed by atoms with Crippen LogP contribution in [0.15, 0.2) is 18.2 Å². The fourth-order valence-electron chi connectivity index (χ4n) is 1.20. The van der Waals surface area contributed by atoms with E-state index in [2.05, 4.69) is 31.5 Å². The number of nitrogens with one attached hydrogen (secondary N) is 1. The summed E-state index contributed by atoms with van der Waals surface area (Å²) in [6.45, 7) is 0. The Bertz CT molecular complexity index is 584. The van der Waals surface area contributed by atoms with E-state index in [1.165, 1.54) is 16.9 Å². The number of imidazole rings is 1. The summed E-state index contributed by atoms with van der Waals surface area (Å²) < 4.78 is 12.8. The van der Waals surface area contributed by atoms with Crippen molar-refractivity contribution in [2.75, 3.05) is 0 Å². The Morgan fingerprint density at radius 1 is 1.33 bits per heavy atom. The van der Waals surface area contributed by atoms with Gasteiger partial charge in [-0.1, -0.05) is 6.07 Å². The minimum Gasteiger partial charge on any atom is -0.317 e. The van der Waals surface area contributed by atoms with Crippen LogP contribution in [0.3, 0.4) is 0 Å². The molecule has 3 rings (SSSR count). The second-order valence-electron chi connectivity index (χ2n) is 2.83. The molecule has 0 aliphatic carbocycles. The van der Waals surface area contributed by atoms with Crippen molar-refractivity contribution in [1.82, 2.24) is 29.9 Å². The second-order valence-corrected chi connectivity index (χ2v) is 2.83. The lowest BCUT2D eigenvalue weighted by molar-refractivity contribution is 0.572. The molecule has 0 aromatic carbocycles. The van der Waals surface area contributed by atoms with Crippen LogP contribution in [0.25, 0.3) is 17.1 Å². The molecule has 6 nitrogen and oxygen atoms in total. The third-order valence-corrected chi connectivity index (χ3v) is 1.84. The summed E-state index contributed by atoms with van der Waals surface area (Å²) in [7, 11) is 0. The van der Waals surface area contributed by atoms with Crippen molar-refractivity contribution in [1.29, 1.82) is 0 Å². The molecule has 1 radical (unpaired) electrons. The molecular weight excluding hydrogens is 199 g/mol. The van der Waals surface area contributed by atoms with Gasteiger partial charge in [0.15, 0.2) is 12.1 Å². The monoisotopic (exact) mass is 203 g/mol. The number of halogens is 1. The van der Waals surface area contributed by atoms with Crippen LogP contribution in [-0.2, 0) is 0 Å². The van der Waals surface area contributed by atoms with Crippen molar-refractivity contribution in [2.45, 2.75) is 0 Å². The van der Waals surface area contributed by atoms with Crippen molar-refractivity contribution >= 4 is 11.3 Å². The summed E-state index contributed by atoms with van der Waals surface area (Å²) in [5.74, 6) is -0.269. The number of rotatable bonds is 1. The molecular formula is C8H4FN6. The zero-order chi connectivity index (χ0) is 10.3. The van der Waals surface area contributed by atoms with E-state index >= 15 is 0 Å². The van der Waals surface area contributed by atoms with Gasteiger partial charge in [-0.2, -0.15) is 9.37 Å². The van der Waals surface area contributed by atoms with Gasteiger partial charge in [0.2, 0.25) is 17.2 Å². The van der Waals surface area contributed by atoms with E-state index in [0.29, 0.717) is 17.1 Å². The van der Waals surface area contributed by atoms with E-state index in [-0.39, 0.29) is 0 Å². The first-order chi connectivity index (χ1) is 7.33. The zero-order valence-electron chi connectivity index (χ0n) is 7.35. The van der Waals surface area contributed by atoms with Crippen molar-refractivity contribution in [2.24, 2.45) is 0 Å². The molecule has 15 heavy (non-hydrogen) atoms. The maximum atomic E-state index is 12.8. The molecule has 0 spiro atoms. The van der Waals surface area contributed by atoms with Crippen molar-refractivity contribution in [3.05, 3.63) is 30.5 Å². The highest BCUT2D eigenvalue weighted by Crippen LogP contribution is 2.06. The molecule has 0 atom stereocenters. The molecule has 0 fully saturated rings. The van der Waals surface area contributed by atoms with Crippen LogP contribution in [0.5, 0.6) is 0 Å². The molecule has 0 saturated heterocycles. The first-order valence-electron chi connectivity index (χ1n) is 4.15. The summed E-state index contributed by atoms with van der Waals surface area (Å²) in [5, 5.41) is 8.00. The third kappa shape index (κ3) is 1.25. The van der Waals surface area contributed by atoms with Gasteiger partial charge in [0.05, 0.1) is 0 Å². The fourth-order valence-corrected chi connectivity index (χ4v) is 1.20. The van der Waals surface area contributed by atoms with Crippen LogP contribution in [0.4, 0.5) is 4.39 Å². The van der Waals surface area contributed by atoms with E-state index in [1.54, 1.807) is 6.07 Å². The number of aromatic nitrogens is 6. The Morgan fingerprint density at radius 3 is 3.07 bits per heavy atom. The number of aromatic amines is 1. The number of H-pyrrole nitrogens is 1. The highest BCUT2D eigenvalue weighted by molar-refractivity contribution is 5.63. The average molecular weight is 203 g/mol. The van der Waals surface area contributed by atoms with Crippen LogP contribution >= 0.6 is 0 Å². The van der Waals surface area contributed by atoms with E-state index in [0.717, 1.165) is 0 Å². The number of pyridine rings is 1. The molecule has 73 valence electrons. The molecule has 0 aliphatic rings. The van der Waals surface area contributed by atoms with Crippen LogP contribution in [0.1, 0.15) is 0 Å². The van der Waals surface area contributed by atoms with E-state index in [4.69, 9.17) is 0 Å². The molecule has 1 N–H and O–H groups in total. The first-order valence-corrected chi connectivity index (χ1v) is 4.15. The normalized spacial score (nSPS) is 11.0. The van der Waals surface area contributed by atoms with Gasteiger partial charge >= 0.3 is 0 Å². The van der Waals surface area contributed by atoms with Crippen LogP contribution < -0.4 is 0 Å². The van der Waals surface area contributed by atoms with Gasteiger partial charge in [-0.25, -0.2) is 4.98 Å². The number of fused-ring (bicyclic) bond motifs is 1. The molecule has 7 heteroatoms. The molecule has 3 aromatic heterocycles. The van der Waals surface area contributed by atoms with Gasteiger partial charge in [-0.3, -0.25) is 0 Å². The minimum atomic E-state index is -0.576. The summed E-state index contributed by atoms with van der Waals surface area (Å²) >= 11 is 0. The predicted molar refractivity (Wildman–Crippen MR) is 47.6 cm³/mol. The van der Waals surface area contributed by atoms with Crippen LogP contribution in [-0.4, -0.2) is 29.9 Å². The van der Waals surface area contributed by atoms with Crippen LogP contribution in [0.2, 0.25) is 0 Å². The van der Waals surface area contributed by atoms with Crippen molar-refractivity contribution in [3.8, 4) is 5.82 Å². The number of hydrogen-bond acceptors (Lipinski definition) is 4. The average Bonchev–Trinajstić information content (AvgIpc) is 2.76. The van der Waals surface area contributed by atoms with Gasteiger partial charge < -0.3 is 4.98 Å². The van der Waals surface area contributed by atoms with Crippen molar-refractivity contribution < 1.29 is 4.39 Å². The topological polar surface area (TPSA) is 72.3 Å². The molecule has 0 aliphatic heterocycles. The van der Waals surface area contributed by atoms with Gasteiger partial charge in [-0.15, -0.1) is 15.0 Å². The van der Waals surface area contributed by atoms with Gasteiger partial charge in [-0.05, 0) is 12.1 Å². The summed E-state index contributed by atoms with van der Waals surface area (Å²) in [5.41, 5.74) is 0.905. The highest BCUT2D eigenvalue weighted by atomic mass is 19.1. The van der Waals surface area contributed by atoms with Gasteiger partial charge in [0.25, 0.3) is 0 Å². The Balaban J connectivity index is 2.17. The smallest absolute Gasteiger partial charge is 0.221 e. The summed E-state index contributed by atoms with van der Waals surface area (Å²) in [4.78, 5) is 11.3. The molecule has 0 saturated carbocycles. The Morgan fingerprint density at radius 2 is 2.27 bits per heavy atom. The maximum absolute atomic E-state index is 12.8. The summed E-state index contributed by atoms with van der Waals surface area (Å²) in [6.07, 6.45) is 2.50. The minimum absolute atomic E-state index is 0.307. The molecule has 3 heterocycles. The summed E-state index contributed by atoms with van der Waals surface area (Å²) in [6, 6.07) is 4.39. The Hall–Kier alpha value is -2.31. The quantitative estimate of drug-likeness (QED) is 0.584. The van der Waals surface area contributed by atoms with Crippen LogP contribution in [0, 0.1) is 12.3 Å². The SMILES string of the molecule is Fc1cccc(-n2nc3n[c][nH]c3n2)n1. The second kappa shape index (κ2) is 2.84. The number of nitrogens with zero attached hydrogens (tertiary/aromatic N) is 5. The standard InChI is InChI=1S/C8H4FN6/c9-5-2-1-3-6(12-5)15-13-7-8(14-15)11-4-10-7/h1-3H,(H,10,11,13,14).